The molecular formula is C9H13NO5S. The van der Waals surface area contributed by atoms with Gasteiger partial charge in [-0.05, 0) is 19.1 Å². The molecule has 90 valence electrons. The average Bonchev–Trinajstić information content (AvgIpc) is 2.63. The lowest BCUT2D eigenvalue weighted by Gasteiger charge is -2.22. The fraction of sp³-hybridized carbons (Fsp3) is 0.444. The second kappa shape index (κ2) is 4.67. The maximum atomic E-state index is 11.4. The lowest BCUT2D eigenvalue weighted by molar-refractivity contribution is -0.141. The SMILES string of the molecule is CC(C(=O)O)N(Cc1ccco1)S(C)(=O)=O. The molecule has 0 saturated heterocycles. The summed E-state index contributed by atoms with van der Waals surface area (Å²) in [5.74, 6) is -0.796. The summed E-state index contributed by atoms with van der Waals surface area (Å²) in [4.78, 5) is 10.8. The molecule has 1 aromatic heterocycles. The van der Waals surface area contributed by atoms with Crippen LogP contribution in [0.4, 0.5) is 0 Å². The van der Waals surface area contributed by atoms with Crippen LogP contribution in [0.3, 0.4) is 0 Å². The molecule has 0 fully saturated rings. The summed E-state index contributed by atoms with van der Waals surface area (Å²) in [7, 11) is -3.59. The number of hydrogen-bond acceptors (Lipinski definition) is 4. The fourth-order valence-electron chi connectivity index (χ4n) is 1.22. The summed E-state index contributed by atoms with van der Waals surface area (Å²) in [6.45, 7) is 1.23. The Morgan fingerprint density at radius 1 is 1.62 bits per heavy atom. The quantitative estimate of drug-likeness (QED) is 0.819. The van der Waals surface area contributed by atoms with Gasteiger partial charge in [-0.3, -0.25) is 4.79 Å². The van der Waals surface area contributed by atoms with Gasteiger partial charge in [-0.25, -0.2) is 8.42 Å². The number of furan rings is 1. The number of carboxylic acids is 1. The van der Waals surface area contributed by atoms with Gasteiger partial charge in [-0.15, -0.1) is 0 Å². The van der Waals surface area contributed by atoms with Gasteiger partial charge in [-0.2, -0.15) is 4.31 Å². The molecule has 6 nitrogen and oxygen atoms in total. The third-order valence-corrected chi connectivity index (χ3v) is 3.40. The Morgan fingerprint density at radius 2 is 2.25 bits per heavy atom. The highest BCUT2D eigenvalue weighted by Gasteiger charge is 2.29. The van der Waals surface area contributed by atoms with E-state index in [-0.39, 0.29) is 6.54 Å². The van der Waals surface area contributed by atoms with Crippen molar-refractivity contribution in [1.82, 2.24) is 4.31 Å². The van der Waals surface area contributed by atoms with E-state index in [0.29, 0.717) is 5.76 Å². The molecule has 0 bridgehead atoms. The zero-order chi connectivity index (χ0) is 12.3. The lowest BCUT2D eigenvalue weighted by atomic mass is 10.3. The van der Waals surface area contributed by atoms with Crippen molar-refractivity contribution in [1.29, 1.82) is 0 Å². The maximum absolute atomic E-state index is 11.4. The molecule has 16 heavy (non-hydrogen) atoms. The number of rotatable bonds is 5. The molecule has 0 saturated carbocycles. The number of nitrogens with zero attached hydrogens (tertiary/aromatic N) is 1. The molecule has 0 aliphatic carbocycles. The van der Waals surface area contributed by atoms with Crippen LogP contribution >= 0.6 is 0 Å². The number of sulfonamides is 1. The summed E-state index contributed by atoms with van der Waals surface area (Å²) in [5.41, 5.74) is 0. The van der Waals surface area contributed by atoms with Gasteiger partial charge in [0.1, 0.15) is 11.8 Å². The summed E-state index contributed by atoms with van der Waals surface area (Å²) in [5, 5.41) is 8.81. The Bertz CT molecular complexity index is 450. The van der Waals surface area contributed by atoms with Gasteiger partial charge in [0.25, 0.3) is 0 Å². The molecule has 7 heteroatoms. The third-order valence-electron chi connectivity index (χ3n) is 2.11. The van der Waals surface area contributed by atoms with Crippen molar-refractivity contribution in [3.05, 3.63) is 24.2 Å². The number of carboxylic acid groups (broad SMARTS) is 1. The van der Waals surface area contributed by atoms with Crippen LogP contribution in [-0.4, -0.2) is 36.1 Å². The zero-order valence-corrected chi connectivity index (χ0v) is 9.77. The van der Waals surface area contributed by atoms with Crippen molar-refractivity contribution in [2.75, 3.05) is 6.26 Å². The molecule has 1 unspecified atom stereocenters. The molecule has 1 aromatic rings. The Labute approximate surface area is 93.5 Å². The topological polar surface area (TPSA) is 87.8 Å². The van der Waals surface area contributed by atoms with Gasteiger partial charge in [0.2, 0.25) is 10.0 Å². The first-order valence-electron chi connectivity index (χ1n) is 4.54. The monoisotopic (exact) mass is 247 g/mol. The van der Waals surface area contributed by atoms with Crippen molar-refractivity contribution in [2.45, 2.75) is 19.5 Å². The van der Waals surface area contributed by atoms with E-state index in [9.17, 15) is 13.2 Å². The van der Waals surface area contributed by atoms with Gasteiger partial charge >= 0.3 is 5.97 Å². The van der Waals surface area contributed by atoms with Crippen molar-refractivity contribution in [2.24, 2.45) is 0 Å². The Balaban J connectivity index is 2.93. The van der Waals surface area contributed by atoms with Gasteiger partial charge in [0.15, 0.2) is 0 Å². The van der Waals surface area contributed by atoms with E-state index in [1.807, 2.05) is 0 Å². The molecule has 1 N–H and O–H groups in total. The summed E-state index contributed by atoms with van der Waals surface area (Å²) >= 11 is 0. The van der Waals surface area contributed by atoms with Gasteiger partial charge < -0.3 is 9.52 Å². The van der Waals surface area contributed by atoms with Gasteiger partial charge in [0, 0.05) is 0 Å². The molecule has 1 rings (SSSR count). The molecule has 0 aromatic carbocycles. The summed E-state index contributed by atoms with van der Waals surface area (Å²) in [6, 6.07) is 2.08. The normalized spacial score (nSPS) is 13.9. The smallest absolute Gasteiger partial charge is 0.321 e. The van der Waals surface area contributed by atoms with E-state index in [4.69, 9.17) is 9.52 Å². The first-order chi connectivity index (χ1) is 7.32. The first-order valence-corrected chi connectivity index (χ1v) is 6.39. The van der Waals surface area contributed by atoms with Crippen LogP contribution in [0.2, 0.25) is 0 Å². The minimum Gasteiger partial charge on any atom is -0.480 e. The fourth-order valence-corrected chi connectivity index (χ4v) is 2.25. The second-order valence-corrected chi connectivity index (χ2v) is 5.34. The molecular weight excluding hydrogens is 234 g/mol. The van der Waals surface area contributed by atoms with E-state index in [0.717, 1.165) is 10.6 Å². The first kappa shape index (κ1) is 12.7. The Kier molecular flexibility index (Phi) is 3.71. The molecule has 0 spiro atoms. The highest BCUT2D eigenvalue weighted by atomic mass is 32.2. The van der Waals surface area contributed by atoms with E-state index in [1.165, 1.54) is 13.2 Å². The average molecular weight is 247 g/mol. The zero-order valence-electron chi connectivity index (χ0n) is 8.95. The standard InChI is InChI=1S/C9H13NO5S/c1-7(9(11)12)10(16(2,13)14)6-8-4-3-5-15-8/h3-5,7H,6H2,1-2H3,(H,11,12). The number of hydrogen-bond donors (Lipinski definition) is 1. The van der Waals surface area contributed by atoms with Crippen LogP contribution in [0.15, 0.2) is 22.8 Å². The van der Waals surface area contributed by atoms with Gasteiger partial charge in [0.05, 0.1) is 19.1 Å². The van der Waals surface area contributed by atoms with Crippen LogP contribution in [0.25, 0.3) is 0 Å². The third kappa shape index (κ3) is 3.07. The van der Waals surface area contributed by atoms with E-state index in [2.05, 4.69) is 0 Å². The largest absolute Gasteiger partial charge is 0.480 e. The van der Waals surface area contributed by atoms with Crippen LogP contribution in [0.1, 0.15) is 12.7 Å². The Morgan fingerprint density at radius 3 is 2.62 bits per heavy atom. The van der Waals surface area contributed by atoms with E-state index >= 15 is 0 Å². The van der Waals surface area contributed by atoms with Crippen LogP contribution in [0, 0.1) is 0 Å². The van der Waals surface area contributed by atoms with Crippen LogP contribution in [-0.2, 0) is 21.4 Å². The Hall–Kier alpha value is -1.34. The maximum Gasteiger partial charge on any atom is 0.321 e. The molecule has 0 aliphatic heterocycles. The van der Waals surface area contributed by atoms with Crippen LogP contribution in [0.5, 0.6) is 0 Å². The number of aliphatic carboxylic acids is 1. The van der Waals surface area contributed by atoms with Gasteiger partial charge in [-0.1, -0.05) is 0 Å². The minimum atomic E-state index is -3.59. The van der Waals surface area contributed by atoms with Crippen molar-refractivity contribution in [3.63, 3.8) is 0 Å². The van der Waals surface area contributed by atoms with Crippen molar-refractivity contribution in [3.8, 4) is 0 Å². The van der Waals surface area contributed by atoms with Crippen LogP contribution < -0.4 is 0 Å². The highest BCUT2D eigenvalue weighted by Crippen LogP contribution is 2.13. The minimum absolute atomic E-state index is 0.0840. The lowest BCUT2D eigenvalue weighted by Crippen LogP contribution is -2.41. The predicted octanol–water partition coefficient (Wildman–Crippen LogP) is 0.514. The second-order valence-electron chi connectivity index (χ2n) is 3.40. The van der Waals surface area contributed by atoms with E-state index in [1.54, 1.807) is 12.1 Å². The molecule has 0 amide bonds. The van der Waals surface area contributed by atoms with Crippen molar-refractivity contribution >= 4 is 16.0 Å². The molecule has 0 aliphatic rings. The summed E-state index contributed by atoms with van der Waals surface area (Å²) in [6.07, 6.45) is 2.37. The number of carbonyl (C=O) groups is 1. The van der Waals surface area contributed by atoms with Crippen molar-refractivity contribution < 1.29 is 22.7 Å². The highest BCUT2D eigenvalue weighted by molar-refractivity contribution is 7.88. The molecule has 1 heterocycles. The summed E-state index contributed by atoms with van der Waals surface area (Å²) < 4.78 is 28.7. The molecule has 1 atom stereocenters. The molecule has 0 radical (unpaired) electrons. The van der Waals surface area contributed by atoms with E-state index < -0.39 is 22.0 Å². The predicted molar refractivity (Wildman–Crippen MR) is 56.2 cm³/mol.